The van der Waals surface area contributed by atoms with E-state index in [0.29, 0.717) is 12.1 Å². The number of aryl methyl sites for hydroxylation is 1. The van der Waals surface area contributed by atoms with Crippen LogP contribution in [0.1, 0.15) is 31.7 Å². The van der Waals surface area contributed by atoms with Gasteiger partial charge in [0.1, 0.15) is 0 Å². The molecular formula is C14H21N3O2. The zero-order valence-electron chi connectivity index (χ0n) is 11.2. The average molecular weight is 263 g/mol. The van der Waals surface area contributed by atoms with Gasteiger partial charge in [0, 0.05) is 24.8 Å². The van der Waals surface area contributed by atoms with Crippen LogP contribution in [0.25, 0.3) is 0 Å². The molecule has 5 nitrogen and oxygen atoms in total. The Morgan fingerprint density at radius 1 is 1.47 bits per heavy atom. The van der Waals surface area contributed by atoms with Crippen LogP contribution in [0.15, 0.2) is 12.1 Å². The van der Waals surface area contributed by atoms with Crippen molar-refractivity contribution in [3.63, 3.8) is 0 Å². The Morgan fingerprint density at radius 3 is 3.00 bits per heavy atom. The number of fused-ring (bicyclic) bond motifs is 1. The molecule has 0 aromatic heterocycles. The number of carbonyl (C=O) groups excluding carboxylic acids is 1. The molecule has 1 heterocycles. The minimum atomic E-state index is 0.0453. The van der Waals surface area contributed by atoms with Crippen molar-refractivity contribution in [3.8, 4) is 0 Å². The van der Waals surface area contributed by atoms with Gasteiger partial charge in [-0.15, -0.1) is 0 Å². The molecule has 0 saturated carbocycles. The Labute approximate surface area is 113 Å². The molecule has 19 heavy (non-hydrogen) atoms. The first-order valence-corrected chi connectivity index (χ1v) is 6.70. The molecule has 0 saturated heterocycles. The third-order valence-electron chi connectivity index (χ3n) is 3.37. The van der Waals surface area contributed by atoms with Gasteiger partial charge in [-0.2, -0.15) is 0 Å². The van der Waals surface area contributed by atoms with Crippen LogP contribution in [0, 0.1) is 0 Å². The summed E-state index contributed by atoms with van der Waals surface area (Å²) in [7, 11) is 0. The predicted molar refractivity (Wildman–Crippen MR) is 77.2 cm³/mol. The Morgan fingerprint density at radius 2 is 2.26 bits per heavy atom. The molecule has 0 radical (unpaired) electrons. The van der Waals surface area contributed by atoms with Crippen LogP contribution in [0.5, 0.6) is 0 Å². The van der Waals surface area contributed by atoms with Gasteiger partial charge in [-0.05, 0) is 43.9 Å². The SMILES string of the molecule is CC(CCCO)Nc1cc2c(cc1N)NC(=O)CC2. The summed E-state index contributed by atoms with van der Waals surface area (Å²) >= 11 is 0. The van der Waals surface area contributed by atoms with E-state index in [1.165, 1.54) is 0 Å². The van der Waals surface area contributed by atoms with E-state index in [0.717, 1.165) is 36.2 Å². The number of rotatable bonds is 5. The highest BCUT2D eigenvalue weighted by atomic mass is 16.2. The van der Waals surface area contributed by atoms with Crippen molar-refractivity contribution in [1.29, 1.82) is 0 Å². The fraction of sp³-hybridized carbons (Fsp3) is 0.500. The number of hydrogen-bond donors (Lipinski definition) is 4. The Hall–Kier alpha value is -1.75. The van der Waals surface area contributed by atoms with Crippen molar-refractivity contribution < 1.29 is 9.90 Å². The van der Waals surface area contributed by atoms with Crippen LogP contribution in [-0.2, 0) is 11.2 Å². The summed E-state index contributed by atoms with van der Waals surface area (Å²) in [5.41, 5.74) is 9.48. The molecule has 0 fully saturated rings. The molecule has 5 N–H and O–H groups in total. The third kappa shape index (κ3) is 3.38. The minimum absolute atomic E-state index is 0.0453. The second-order valence-corrected chi connectivity index (χ2v) is 5.06. The second kappa shape index (κ2) is 5.93. The third-order valence-corrected chi connectivity index (χ3v) is 3.37. The molecule has 0 bridgehead atoms. The van der Waals surface area contributed by atoms with Gasteiger partial charge in [0.05, 0.1) is 11.4 Å². The number of aliphatic hydroxyl groups excluding tert-OH is 1. The average Bonchev–Trinajstić information content (AvgIpc) is 2.37. The predicted octanol–water partition coefficient (Wildman–Crippen LogP) is 1.73. The molecule has 1 amide bonds. The number of anilines is 3. The van der Waals surface area contributed by atoms with Gasteiger partial charge in [0.15, 0.2) is 0 Å². The molecular weight excluding hydrogens is 242 g/mol. The quantitative estimate of drug-likeness (QED) is 0.609. The maximum Gasteiger partial charge on any atom is 0.224 e. The highest BCUT2D eigenvalue weighted by molar-refractivity contribution is 5.95. The zero-order valence-corrected chi connectivity index (χ0v) is 11.2. The molecule has 5 heteroatoms. The first kappa shape index (κ1) is 13.7. The van der Waals surface area contributed by atoms with Crippen molar-refractivity contribution >= 4 is 23.0 Å². The molecule has 1 unspecified atom stereocenters. The van der Waals surface area contributed by atoms with Crippen molar-refractivity contribution in [2.45, 2.75) is 38.6 Å². The van der Waals surface area contributed by atoms with Gasteiger partial charge in [-0.3, -0.25) is 4.79 Å². The number of nitrogens with one attached hydrogen (secondary N) is 2. The van der Waals surface area contributed by atoms with E-state index in [1.807, 2.05) is 12.1 Å². The molecule has 0 spiro atoms. The van der Waals surface area contributed by atoms with Crippen LogP contribution >= 0.6 is 0 Å². The molecule has 1 atom stereocenters. The molecule has 1 aliphatic rings. The monoisotopic (exact) mass is 263 g/mol. The molecule has 1 aromatic carbocycles. The summed E-state index contributed by atoms with van der Waals surface area (Å²) in [6, 6.07) is 4.08. The molecule has 2 rings (SSSR count). The molecule has 1 aliphatic heterocycles. The van der Waals surface area contributed by atoms with Gasteiger partial charge in [0.25, 0.3) is 0 Å². The van der Waals surface area contributed by atoms with Crippen LogP contribution in [0.2, 0.25) is 0 Å². The van der Waals surface area contributed by atoms with Crippen LogP contribution in [0.4, 0.5) is 17.1 Å². The summed E-state index contributed by atoms with van der Waals surface area (Å²) in [5.74, 6) is 0.0453. The number of hydrogen-bond acceptors (Lipinski definition) is 4. The summed E-state index contributed by atoms with van der Waals surface area (Å²) < 4.78 is 0. The van der Waals surface area contributed by atoms with Crippen LogP contribution in [-0.4, -0.2) is 23.7 Å². The van der Waals surface area contributed by atoms with Crippen molar-refractivity contribution in [1.82, 2.24) is 0 Å². The van der Waals surface area contributed by atoms with Gasteiger partial charge in [0.2, 0.25) is 5.91 Å². The zero-order chi connectivity index (χ0) is 13.8. The highest BCUT2D eigenvalue weighted by Crippen LogP contribution is 2.31. The number of aliphatic hydroxyl groups is 1. The topological polar surface area (TPSA) is 87.4 Å². The Bertz CT molecular complexity index is 474. The Balaban J connectivity index is 2.11. The fourth-order valence-electron chi connectivity index (χ4n) is 2.31. The summed E-state index contributed by atoms with van der Waals surface area (Å²) in [6.07, 6.45) is 2.94. The first-order valence-electron chi connectivity index (χ1n) is 6.70. The standard InChI is InChI=1S/C14H21N3O2/c1-9(3-2-6-18)16-13-7-10-4-5-14(19)17-12(10)8-11(13)15/h7-9,16,18H,2-6,15H2,1H3,(H,17,19). The van der Waals surface area contributed by atoms with E-state index in [9.17, 15) is 4.79 Å². The number of nitrogen functional groups attached to an aromatic ring is 1. The van der Waals surface area contributed by atoms with Crippen molar-refractivity contribution in [2.24, 2.45) is 0 Å². The maximum absolute atomic E-state index is 11.3. The number of amides is 1. The lowest BCUT2D eigenvalue weighted by Gasteiger charge is -2.22. The fourth-order valence-corrected chi connectivity index (χ4v) is 2.31. The molecule has 1 aromatic rings. The number of benzene rings is 1. The smallest absolute Gasteiger partial charge is 0.224 e. The van der Waals surface area contributed by atoms with E-state index < -0.39 is 0 Å². The van der Waals surface area contributed by atoms with E-state index in [4.69, 9.17) is 10.8 Å². The highest BCUT2D eigenvalue weighted by Gasteiger charge is 2.17. The number of carbonyl (C=O) groups is 1. The van der Waals surface area contributed by atoms with Gasteiger partial charge in [-0.25, -0.2) is 0 Å². The van der Waals surface area contributed by atoms with E-state index >= 15 is 0 Å². The lowest BCUT2D eigenvalue weighted by Crippen LogP contribution is -2.21. The summed E-state index contributed by atoms with van der Waals surface area (Å²) in [5, 5.41) is 15.0. The normalized spacial score (nSPS) is 15.6. The lowest BCUT2D eigenvalue weighted by molar-refractivity contribution is -0.116. The van der Waals surface area contributed by atoms with E-state index in [2.05, 4.69) is 17.6 Å². The summed E-state index contributed by atoms with van der Waals surface area (Å²) in [4.78, 5) is 11.3. The van der Waals surface area contributed by atoms with Gasteiger partial charge >= 0.3 is 0 Å². The van der Waals surface area contributed by atoms with Crippen molar-refractivity contribution in [2.75, 3.05) is 23.0 Å². The first-order chi connectivity index (χ1) is 9.10. The van der Waals surface area contributed by atoms with Gasteiger partial charge < -0.3 is 21.5 Å². The van der Waals surface area contributed by atoms with Crippen molar-refractivity contribution in [3.05, 3.63) is 17.7 Å². The molecule has 0 aliphatic carbocycles. The van der Waals surface area contributed by atoms with Gasteiger partial charge in [-0.1, -0.05) is 0 Å². The van der Waals surface area contributed by atoms with E-state index in [-0.39, 0.29) is 18.6 Å². The van der Waals surface area contributed by atoms with E-state index in [1.54, 1.807) is 0 Å². The van der Waals surface area contributed by atoms with Crippen LogP contribution < -0.4 is 16.4 Å². The Kier molecular flexibility index (Phi) is 4.27. The minimum Gasteiger partial charge on any atom is -0.397 e. The number of nitrogens with two attached hydrogens (primary N) is 1. The second-order valence-electron chi connectivity index (χ2n) is 5.06. The summed E-state index contributed by atoms with van der Waals surface area (Å²) in [6.45, 7) is 2.27. The van der Waals surface area contributed by atoms with Crippen LogP contribution in [0.3, 0.4) is 0 Å². The molecule has 104 valence electrons. The lowest BCUT2D eigenvalue weighted by atomic mass is 10.0. The maximum atomic E-state index is 11.3. The largest absolute Gasteiger partial charge is 0.397 e.